The molecule has 0 amide bonds. The van der Waals surface area contributed by atoms with Crippen LogP contribution in [0.3, 0.4) is 0 Å². The molecule has 1 saturated heterocycles. The summed E-state index contributed by atoms with van der Waals surface area (Å²) in [6.45, 7) is 4.28. The maximum absolute atomic E-state index is 5.53. The summed E-state index contributed by atoms with van der Waals surface area (Å²) in [7, 11) is 0. The van der Waals surface area contributed by atoms with Crippen LogP contribution in [0, 0.1) is 5.92 Å². The molecule has 2 heteroatoms. The molecule has 94 valence electrons. The summed E-state index contributed by atoms with van der Waals surface area (Å²) in [6, 6.07) is 1.30. The fourth-order valence-electron chi connectivity index (χ4n) is 3.19. The van der Waals surface area contributed by atoms with Crippen LogP contribution >= 0.6 is 0 Å². The van der Waals surface area contributed by atoms with Crippen molar-refractivity contribution in [2.45, 2.75) is 70.4 Å². The lowest BCUT2D eigenvalue weighted by Crippen LogP contribution is -2.45. The van der Waals surface area contributed by atoms with Crippen LogP contribution in [-0.4, -0.2) is 25.3 Å². The van der Waals surface area contributed by atoms with Gasteiger partial charge in [-0.2, -0.15) is 0 Å². The van der Waals surface area contributed by atoms with E-state index in [4.69, 9.17) is 4.74 Å². The summed E-state index contributed by atoms with van der Waals surface area (Å²) in [4.78, 5) is 0. The Hall–Kier alpha value is -0.0800. The molecule has 0 aromatic heterocycles. The highest BCUT2D eigenvalue weighted by Crippen LogP contribution is 2.26. The fourth-order valence-corrected chi connectivity index (χ4v) is 3.19. The van der Waals surface area contributed by atoms with Gasteiger partial charge in [-0.05, 0) is 38.5 Å². The van der Waals surface area contributed by atoms with Gasteiger partial charge in [-0.15, -0.1) is 0 Å². The second kappa shape index (κ2) is 6.61. The van der Waals surface area contributed by atoms with Gasteiger partial charge in [0.25, 0.3) is 0 Å². The minimum Gasteiger partial charge on any atom is -0.380 e. The van der Waals surface area contributed by atoms with Gasteiger partial charge in [-0.3, -0.25) is 0 Å². The van der Waals surface area contributed by atoms with Crippen LogP contribution in [0.15, 0.2) is 0 Å². The average molecular weight is 225 g/mol. The molecule has 0 radical (unpaired) electrons. The van der Waals surface area contributed by atoms with Gasteiger partial charge in [0, 0.05) is 18.7 Å². The maximum Gasteiger partial charge on any atom is 0.0619 e. The molecule has 1 aliphatic heterocycles. The zero-order valence-electron chi connectivity index (χ0n) is 10.7. The van der Waals surface area contributed by atoms with Crippen molar-refractivity contribution in [3.63, 3.8) is 0 Å². The van der Waals surface area contributed by atoms with E-state index in [1.165, 1.54) is 51.4 Å². The molecule has 2 rings (SSSR count). The number of ether oxygens (including phenoxy) is 1. The molecule has 0 aromatic rings. The molecule has 0 spiro atoms. The van der Waals surface area contributed by atoms with Crippen molar-refractivity contribution in [1.29, 1.82) is 0 Å². The molecule has 1 aliphatic carbocycles. The molecular weight excluding hydrogens is 198 g/mol. The quantitative estimate of drug-likeness (QED) is 0.745. The Morgan fingerprint density at radius 1 is 1.00 bits per heavy atom. The van der Waals surface area contributed by atoms with Gasteiger partial charge in [0.05, 0.1) is 6.61 Å². The smallest absolute Gasteiger partial charge is 0.0619 e. The summed E-state index contributed by atoms with van der Waals surface area (Å²) < 4.78 is 5.53. The van der Waals surface area contributed by atoms with Gasteiger partial charge in [-0.1, -0.05) is 25.7 Å². The summed E-state index contributed by atoms with van der Waals surface area (Å²) >= 11 is 0. The molecule has 0 bridgehead atoms. The molecule has 2 atom stereocenters. The largest absolute Gasteiger partial charge is 0.380 e. The predicted molar refractivity (Wildman–Crippen MR) is 67.6 cm³/mol. The van der Waals surface area contributed by atoms with Gasteiger partial charge in [-0.25, -0.2) is 0 Å². The molecule has 0 aromatic carbocycles. The molecule has 2 aliphatic rings. The topological polar surface area (TPSA) is 21.3 Å². The van der Waals surface area contributed by atoms with Crippen molar-refractivity contribution >= 4 is 0 Å². The van der Waals surface area contributed by atoms with Gasteiger partial charge < -0.3 is 10.1 Å². The SMILES string of the molecule is C[C@H](NC1CCCOC1)C1CCCCCC1. The average Bonchev–Trinajstić information content (AvgIpc) is 2.59. The molecule has 1 heterocycles. The van der Waals surface area contributed by atoms with E-state index in [0.29, 0.717) is 12.1 Å². The van der Waals surface area contributed by atoms with Crippen LogP contribution in [0.5, 0.6) is 0 Å². The first-order valence-electron chi connectivity index (χ1n) is 7.20. The molecule has 16 heavy (non-hydrogen) atoms. The lowest BCUT2D eigenvalue weighted by molar-refractivity contribution is 0.0635. The highest BCUT2D eigenvalue weighted by Gasteiger charge is 2.22. The van der Waals surface area contributed by atoms with Gasteiger partial charge >= 0.3 is 0 Å². The number of rotatable bonds is 3. The van der Waals surface area contributed by atoms with Crippen molar-refractivity contribution in [1.82, 2.24) is 5.32 Å². The van der Waals surface area contributed by atoms with E-state index in [1.807, 2.05) is 0 Å². The summed E-state index contributed by atoms with van der Waals surface area (Å²) in [5, 5.41) is 3.79. The normalized spacial score (nSPS) is 30.9. The van der Waals surface area contributed by atoms with Crippen molar-refractivity contribution < 1.29 is 4.74 Å². The second-order valence-electron chi connectivity index (χ2n) is 5.62. The lowest BCUT2D eigenvalue weighted by atomic mass is 9.92. The molecule has 2 fully saturated rings. The van der Waals surface area contributed by atoms with E-state index in [1.54, 1.807) is 0 Å². The number of nitrogens with one attached hydrogen (secondary N) is 1. The lowest BCUT2D eigenvalue weighted by Gasteiger charge is -2.31. The summed E-state index contributed by atoms with van der Waals surface area (Å²) in [5.74, 6) is 0.907. The maximum atomic E-state index is 5.53. The number of hydrogen-bond donors (Lipinski definition) is 1. The monoisotopic (exact) mass is 225 g/mol. The van der Waals surface area contributed by atoms with Crippen molar-refractivity contribution in [3.05, 3.63) is 0 Å². The van der Waals surface area contributed by atoms with E-state index >= 15 is 0 Å². The van der Waals surface area contributed by atoms with Crippen LogP contribution in [-0.2, 0) is 4.74 Å². The van der Waals surface area contributed by atoms with Crippen LogP contribution in [0.25, 0.3) is 0 Å². The highest BCUT2D eigenvalue weighted by atomic mass is 16.5. The third-order valence-electron chi connectivity index (χ3n) is 4.27. The number of hydrogen-bond acceptors (Lipinski definition) is 2. The molecule has 1 unspecified atom stereocenters. The molecular formula is C14H27NO. The first-order chi connectivity index (χ1) is 7.86. The Morgan fingerprint density at radius 2 is 1.75 bits per heavy atom. The first kappa shape index (κ1) is 12.4. The minimum atomic E-state index is 0.618. The van der Waals surface area contributed by atoms with Crippen molar-refractivity contribution in [3.8, 4) is 0 Å². The Kier molecular flexibility index (Phi) is 5.11. The van der Waals surface area contributed by atoms with E-state index in [-0.39, 0.29) is 0 Å². The second-order valence-corrected chi connectivity index (χ2v) is 5.62. The van der Waals surface area contributed by atoms with Gasteiger partial charge in [0.1, 0.15) is 0 Å². The predicted octanol–water partition coefficient (Wildman–Crippen LogP) is 3.11. The Labute approximate surface area is 100 Å². The fraction of sp³-hybridized carbons (Fsp3) is 1.00. The molecule has 1 N–H and O–H groups in total. The zero-order chi connectivity index (χ0) is 11.2. The van der Waals surface area contributed by atoms with Gasteiger partial charge in [0.2, 0.25) is 0 Å². The van der Waals surface area contributed by atoms with E-state index in [2.05, 4.69) is 12.2 Å². The highest BCUT2D eigenvalue weighted by molar-refractivity contribution is 4.80. The minimum absolute atomic E-state index is 0.618. The summed E-state index contributed by atoms with van der Waals surface area (Å²) in [5.41, 5.74) is 0. The Morgan fingerprint density at radius 3 is 2.38 bits per heavy atom. The Balaban J connectivity index is 1.74. The van der Waals surface area contributed by atoms with Crippen molar-refractivity contribution in [2.75, 3.05) is 13.2 Å². The third-order valence-corrected chi connectivity index (χ3v) is 4.27. The van der Waals surface area contributed by atoms with E-state index < -0.39 is 0 Å². The van der Waals surface area contributed by atoms with E-state index in [9.17, 15) is 0 Å². The summed E-state index contributed by atoms with van der Waals surface area (Å²) in [6.07, 6.45) is 11.2. The third kappa shape index (κ3) is 3.74. The van der Waals surface area contributed by atoms with E-state index in [0.717, 1.165) is 19.1 Å². The van der Waals surface area contributed by atoms with Crippen LogP contribution < -0.4 is 5.32 Å². The molecule has 2 nitrogen and oxygen atoms in total. The standard InChI is InChI=1S/C14H27NO/c1-12(13-7-4-2-3-5-8-13)15-14-9-6-10-16-11-14/h12-15H,2-11H2,1H3/t12-,14?/m0/s1. The van der Waals surface area contributed by atoms with Crippen LogP contribution in [0.4, 0.5) is 0 Å². The zero-order valence-corrected chi connectivity index (χ0v) is 10.7. The Bertz CT molecular complexity index is 181. The van der Waals surface area contributed by atoms with Gasteiger partial charge in [0.15, 0.2) is 0 Å². The molecule has 1 saturated carbocycles. The van der Waals surface area contributed by atoms with Crippen molar-refractivity contribution in [2.24, 2.45) is 5.92 Å². The van der Waals surface area contributed by atoms with Crippen LogP contribution in [0.1, 0.15) is 58.3 Å². The van der Waals surface area contributed by atoms with Crippen LogP contribution in [0.2, 0.25) is 0 Å². The first-order valence-corrected chi connectivity index (χ1v) is 7.20.